The van der Waals surface area contributed by atoms with Crippen LogP contribution in [0.15, 0.2) is 30.0 Å². The predicted octanol–water partition coefficient (Wildman–Crippen LogP) is 1.84. The highest BCUT2D eigenvalue weighted by molar-refractivity contribution is 7.13. The van der Waals surface area contributed by atoms with Crippen molar-refractivity contribution in [3.05, 3.63) is 47.1 Å². The summed E-state index contributed by atoms with van der Waals surface area (Å²) in [5.41, 5.74) is 3.11. The van der Waals surface area contributed by atoms with Crippen molar-refractivity contribution in [3.63, 3.8) is 0 Å². The van der Waals surface area contributed by atoms with Crippen molar-refractivity contribution in [2.45, 2.75) is 20.4 Å². The summed E-state index contributed by atoms with van der Waals surface area (Å²) in [6, 6.07) is 2.01. The minimum atomic E-state index is -0.196. The van der Waals surface area contributed by atoms with E-state index in [1.54, 1.807) is 24.0 Å². The van der Waals surface area contributed by atoms with Gasteiger partial charge in [-0.1, -0.05) is 0 Å². The number of hydrogen-bond acceptors (Lipinski definition) is 6. The number of thiazole rings is 1. The molecule has 0 aliphatic carbocycles. The van der Waals surface area contributed by atoms with Gasteiger partial charge in [0.25, 0.3) is 5.91 Å². The summed E-state index contributed by atoms with van der Waals surface area (Å²) in [7, 11) is 0. The fourth-order valence-corrected chi connectivity index (χ4v) is 2.93. The highest BCUT2D eigenvalue weighted by Gasteiger charge is 2.12. The maximum Gasteiger partial charge on any atom is 0.270 e. The van der Waals surface area contributed by atoms with Crippen molar-refractivity contribution in [1.29, 1.82) is 0 Å². The van der Waals surface area contributed by atoms with E-state index in [9.17, 15) is 4.79 Å². The molecule has 23 heavy (non-hydrogen) atoms. The van der Waals surface area contributed by atoms with E-state index >= 15 is 0 Å². The lowest BCUT2D eigenvalue weighted by Crippen LogP contribution is -2.28. The number of nitrogens with one attached hydrogen (secondary N) is 1. The van der Waals surface area contributed by atoms with Crippen LogP contribution in [0.25, 0.3) is 10.7 Å². The maximum atomic E-state index is 12.1. The molecule has 3 heterocycles. The quantitative estimate of drug-likeness (QED) is 0.772. The lowest BCUT2D eigenvalue weighted by molar-refractivity contribution is 0.0947. The van der Waals surface area contributed by atoms with Crippen LogP contribution in [0.5, 0.6) is 0 Å². The molecule has 0 spiro atoms. The summed E-state index contributed by atoms with van der Waals surface area (Å²) in [5, 5.41) is 9.62. The zero-order valence-electron chi connectivity index (χ0n) is 12.9. The van der Waals surface area contributed by atoms with E-state index in [2.05, 4.69) is 25.4 Å². The largest absolute Gasteiger partial charge is 0.349 e. The minimum absolute atomic E-state index is 0.196. The summed E-state index contributed by atoms with van der Waals surface area (Å²) in [5.74, 6) is -0.196. The predicted molar refractivity (Wildman–Crippen MR) is 87.2 cm³/mol. The van der Waals surface area contributed by atoms with Crippen molar-refractivity contribution >= 4 is 17.2 Å². The number of aromatic nitrogens is 5. The number of nitrogens with zero attached hydrogens (tertiary/aromatic N) is 5. The number of amides is 1. The molecule has 0 fully saturated rings. The van der Waals surface area contributed by atoms with E-state index < -0.39 is 0 Å². The molecular formula is C15H16N6OS. The van der Waals surface area contributed by atoms with E-state index in [0.717, 1.165) is 11.4 Å². The first kappa shape index (κ1) is 15.3. The van der Waals surface area contributed by atoms with E-state index in [4.69, 9.17) is 0 Å². The number of aryl methyl sites for hydroxylation is 2. The zero-order chi connectivity index (χ0) is 16.2. The molecule has 3 rings (SSSR count). The van der Waals surface area contributed by atoms with Crippen molar-refractivity contribution in [2.24, 2.45) is 0 Å². The van der Waals surface area contributed by atoms with E-state index in [-0.39, 0.29) is 5.91 Å². The Labute approximate surface area is 137 Å². The Balaban J connectivity index is 1.59. The van der Waals surface area contributed by atoms with Gasteiger partial charge in [-0.3, -0.25) is 19.4 Å². The van der Waals surface area contributed by atoms with Gasteiger partial charge in [-0.15, -0.1) is 11.3 Å². The molecule has 0 saturated heterocycles. The van der Waals surface area contributed by atoms with Gasteiger partial charge < -0.3 is 5.32 Å². The Morgan fingerprint density at radius 3 is 2.91 bits per heavy atom. The Morgan fingerprint density at radius 2 is 2.22 bits per heavy atom. The SMILES string of the molecule is Cc1cc(C)n(CCNC(=O)c2csc(-c3cnccn3)n2)n1. The van der Waals surface area contributed by atoms with Gasteiger partial charge in [0.05, 0.1) is 18.4 Å². The molecule has 0 atom stereocenters. The molecule has 0 bridgehead atoms. The summed E-state index contributed by atoms with van der Waals surface area (Å²) in [6.45, 7) is 5.08. The topological polar surface area (TPSA) is 85.6 Å². The number of carbonyl (C=O) groups excluding carboxylic acids is 1. The van der Waals surface area contributed by atoms with Crippen molar-refractivity contribution in [2.75, 3.05) is 6.54 Å². The summed E-state index contributed by atoms with van der Waals surface area (Å²) in [6.07, 6.45) is 4.83. The van der Waals surface area contributed by atoms with Crippen LogP contribution in [-0.2, 0) is 6.54 Å². The Bertz CT molecular complexity index is 810. The Morgan fingerprint density at radius 1 is 1.35 bits per heavy atom. The monoisotopic (exact) mass is 328 g/mol. The molecule has 0 aliphatic heterocycles. The smallest absolute Gasteiger partial charge is 0.270 e. The third-order valence-electron chi connectivity index (χ3n) is 3.23. The van der Waals surface area contributed by atoms with Gasteiger partial charge in [-0.2, -0.15) is 5.10 Å². The van der Waals surface area contributed by atoms with E-state index in [1.807, 2.05) is 24.6 Å². The Kier molecular flexibility index (Phi) is 4.42. The van der Waals surface area contributed by atoms with Crippen LogP contribution in [0.2, 0.25) is 0 Å². The van der Waals surface area contributed by atoms with Crippen LogP contribution >= 0.6 is 11.3 Å². The first-order valence-electron chi connectivity index (χ1n) is 7.14. The average Bonchev–Trinajstić information content (AvgIpc) is 3.15. The summed E-state index contributed by atoms with van der Waals surface area (Å²) >= 11 is 1.37. The maximum absolute atomic E-state index is 12.1. The van der Waals surface area contributed by atoms with Crippen LogP contribution in [0, 0.1) is 13.8 Å². The van der Waals surface area contributed by atoms with Gasteiger partial charge in [0, 0.05) is 30.0 Å². The Hall–Kier alpha value is -2.61. The van der Waals surface area contributed by atoms with Crippen LogP contribution < -0.4 is 5.32 Å². The standard InChI is InChI=1S/C15H16N6OS/c1-10-7-11(2)21(20-10)6-5-18-14(22)13-9-23-15(19-13)12-8-16-3-4-17-12/h3-4,7-9H,5-6H2,1-2H3,(H,18,22). The van der Waals surface area contributed by atoms with E-state index in [1.165, 1.54) is 11.3 Å². The number of carbonyl (C=O) groups is 1. The molecule has 0 aliphatic rings. The van der Waals surface area contributed by atoms with Gasteiger partial charge in [0.1, 0.15) is 16.4 Å². The van der Waals surface area contributed by atoms with Gasteiger partial charge in [0.2, 0.25) is 0 Å². The molecule has 3 aromatic rings. The van der Waals surface area contributed by atoms with Gasteiger partial charge in [-0.05, 0) is 19.9 Å². The molecule has 8 heteroatoms. The molecule has 3 aromatic heterocycles. The van der Waals surface area contributed by atoms with E-state index in [0.29, 0.717) is 29.5 Å². The molecule has 1 N–H and O–H groups in total. The molecule has 118 valence electrons. The fraction of sp³-hybridized carbons (Fsp3) is 0.267. The van der Waals surface area contributed by atoms with Gasteiger partial charge in [-0.25, -0.2) is 4.98 Å². The fourth-order valence-electron chi connectivity index (χ4n) is 2.17. The second-order valence-electron chi connectivity index (χ2n) is 5.03. The second kappa shape index (κ2) is 6.66. The normalized spacial score (nSPS) is 10.7. The third-order valence-corrected chi connectivity index (χ3v) is 4.10. The lowest BCUT2D eigenvalue weighted by atomic mass is 10.4. The molecule has 0 aromatic carbocycles. The molecule has 0 radical (unpaired) electrons. The highest BCUT2D eigenvalue weighted by atomic mass is 32.1. The summed E-state index contributed by atoms with van der Waals surface area (Å²) < 4.78 is 1.88. The van der Waals surface area contributed by atoms with Gasteiger partial charge in [0.15, 0.2) is 0 Å². The van der Waals surface area contributed by atoms with Crippen molar-refractivity contribution < 1.29 is 4.79 Å². The molecule has 0 saturated carbocycles. The zero-order valence-corrected chi connectivity index (χ0v) is 13.7. The van der Waals surface area contributed by atoms with Crippen LogP contribution in [0.3, 0.4) is 0 Å². The molecule has 0 unspecified atom stereocenters. The first-order chi connectivity index (χ1) is 11.1. The molecule has 1 amide bonds. The highest BCUT2D eigenvalue weighted by Crippen LogP contribution is 2.20. The summed E-state index contributed by atoms with van der Waals surface area (Å²) in [4.78, 5) is 24.6. The second-order valence-corrected chi connectivity index (χ2v) is 5.89. The number of hydrogen-bond donors (Lipinski definition) is 1. The number of rotatable bonds is 5. The first-order valence-corrected chi connectivity index (χ1v) is 8.02. The van der Waals surface area contributed by atoms with Crippen LogP contribution in [0.1, 0.15) is 21.9 Å². The lowest BCUT2D eigenvalue weighted by Gasteiger charge is -2.05. The van der Waals surface area contributed by atoms with Gasteiger partial charge >= 0.3 is 0 Å². The average molecular weight is 328 g/mol. The van der Waals surface area contributed by atoms with Crippen LogP contribution in [0.4, 0.5) is 0 Å². The van der Waals surface area contributed by atoms with Crippen LogP contribution in [-0.4, -0.2) is 37.2 Å². The minimum Gasteiger partial charge on any atom is -0.349 e. The third kappa shape index (κ3) is 3.59. The molecular weight excluding hydrogens is 312 g/mol. The molecule has 7 nitrogen and oxygen atoms in total. The van der Waals surface area contributed by atoms with Crippen molar-refractivity contribution in [3.8, 4) is 10.7 Å². The van der Waals surface area contributed by atoms with Crippen molar-refractivity contribution in [1.82, 2.24) is 30.0 Å².